The number of thioether (sulfide) groups is 1. The van der Waals surface area contributed by atoms with Gasteiger partial charge in [-0.25, -0.2) is 0 Å². The summed E-state index contributed by atoms with van der Waals surface area (Å²) in [7, 11) is 0. The Labute approximate surface area is 99.4 Å². The van der Waals surface area contributed by atoms with E-state index in [1.165, 1.54) is 22.4 Å². The van der Waals surface area contributed by atoms with Gasteiger partial charge < -0.3 is 4.57 Å². The van der Waals surface area contributed by atoms with Gasteiger partial charge in [-0.3, -0.25) is 0 Å². The lowest BCUT2D eigenvalue weighted by Crippen LogP contribution is -1.98. The van der Waals surface area contributed by atoms with E-state index in [-0.39, 0.29) is 0 Å². The Morgan fingerprint density at radius 2 is 2.20 bits per heavy atom. The van der Waals surface area contributed by atoms with Gasteiger partial charge in [-0.05, 0) is 30.0 Å². The van der Waals surface area contributed by atoms with Gasteiger partial charge in [0.05, 0.1) is 0 Å². The normalized spacial score (nSPS) is 11.1. The Kier molecular flexibility index (Phi) is 3.60. The predicted molar refractivity (Wildman–Crippen MR) is 69.9 cm³/mol. The number of hydrogen-bond acceptors (Lipinski definition) is 1. The van der Waals surface area contributed by atoms with Crippen molar-refractivity contribution < 1.29 is 0 Å². The second-order valence-electron chi connectivity index (χ2n) is 3.41. The second-order valence-corrected chi connectivity index (χ2v) is 5.24. The molecule has 0 spiro atoms. The van der Waals surface area contributed by atoms with Crippen LogP contribution < -0.4 is 0 Å². The van der Waals surface area contributed by atoms with Crippen molar-refractivity contribution in [2.75, 3.05) is 11.5 Å². The maximum atomic E-state index is 5.94. The number of nitrogens with zero attached hydrogens (tertiary/aromatic N) is 1. The Morgan fingerprint density at radius 1 is 1.33 bits per heavy atom. The van der Waals surface area contributed by atoms with E-state index in [1.54, 1.807) is 0 Å². The minimum atomic E-state index is 0.809. The van der Waals surface area contributed by atoms with Crippen LogP contribution >= 0.6 is 23.4 Å². The van der Waals surface area contributed by atoms with Crippen LogP contribution in [0.2, 0.25) is 5.02 Å². The van der Waals surface area contributed by atoms with Gasteiger partial charge in [0, 0.05) is 34.4 Å². The van der Waals surface area contributed by atoms with Crippen LogP contribution in [0.15, 0.2) is 30.5 Å². The van der Waals surface area contributed by atoms with Crippen molar-refractivity contribution in [1.29, 1.82) is 0 Å². The van der Waals surface area contributed by atoms with E-state index in [4.69, 9.17) is 11.6 Å². The van der Waals surface area contributed by atoms with E-state index in [0.717, 1.165) is 11.6 Å². The fourth-order valence-corrected chi connectivity index (χ4v) is 2.47. The summed E-state index contributed by atoms with van der Waals surface area (Å²) < 4.78 is 2.29. The Bertz CT molecular complexity index is 450. The highest BCUT2D eigenvalue weighted by Crippen LogP contribution is 2.20. The first kappa shape index (κ1) is 10.9. The smallest absolute Gasteiger partial charge is 0.0481 e. The average Bonchev–Trinajstić information content (AvgIpc) is 2.61. The third kappa shape index (κ3) is 2.50. The molecule has 0 bridgehead atoms. The minimum Gasteiger partial charge on any atom is -0.347 e. The topological polar surface area (TPSA) is 4.93 Å². The van der Waals surface area contributed by atoms with Crippen molar-refractivity contribution in [2.45, 2.75) is 13.5 Å². The zero-order valence-electron chi connectivity index (χ0n) is 8.74. The van der Waals surface area contributed by atoms with Crippen molar-refractivity contribution in [3.63, 3.8) is 0 Å². The predicted octanol–water partition coefficient (Wildman–Crippen LogP) is 4.05. The molecule has 0 aliphatic rings. The highest BCUT2D eigenvalue weighted by Gasteiger charge is 2.00. The van der Waals surface area contributed by atoms with Gasteiger partial charge in [-0.2, -0.15) is 11.8 Å². The van der Waals surface area contributed by atoms with Gasteiger partial charge in [0.15, 0.2) is 0 Å². The van der Waals surface area contributed by atoms with Crippen LogP contribution in [0, 0.1) is 0 Å². The van der Waals surface area contributed by atoms with Gasteiger partial charge in [0.25, 0.3) is 0 Å². The Hall–Kier alpha value is -0.600. The number of aromatic nitrogens is 1. The lowest BCUT2D eigenvalue weighted by atomic mass is 10.2. The molecule has 0 unspecified atom stereocenters. The Balaban J connectivity index is 2.21. The number of hydrogen-bond donors (Lipinski definition) is 0. The maximum absolute atomic E-state index is 5.94. The molecule has 0 saturated carbocycles. The van der Waals surface area contributed by atoms with Crippen LogP contribution in [-0.2, 0) is 6.54 Å². The van der Waals surface area contributed by atoms with Gasteiger partial charge in [-0.1, -0.05) is 18.5 Å². The third-order valence-electron chi connectivity index (χ3n) is 2.41. The van der Waals surface area contributed by atoms with Crippen molar-refractivity contribution in [1.82, 2.24) is 4.57 Å². The molecule has 1 heterocycles. The molecular weight excluding hydrogens is 226 g/mol. The van der Waals surface area contributed by atoms with E-state index < -0.39 is 0 Å². The molecule has 15 heavy (non-hydrogen) atoms. The summed E-state index contributed by atoms with van der Waals surface area (Å²) in [6.07, 6.45) is 2.14. The Morgan fingerprint density at radius 3 is 3.00 bits per heavy atom. The van der Waals surface area contributed by atoms with Crippen LogP contribution in [0.3, 0.4) is 0 Å². The number of rotatable bonds is 4. The van der Waals surface area contributed by atoms with Gasteiger partial charge in [0.1, 0.15) is 0 Å². The monoisotopic (exact) mass is 239 g/mol. The molecule has 0 N–H and O–H groups in total. The first-order chi connectivity index (χ1) is 7.31. The number of fused-ring (bicyclic) bond motifs is 1. The van der Waals surface area contributed by atoms with Gasteiger partial charge in [0.2, 0.25) is 0 Å². The number of benzene rings is 1. The summed E-state index contributed by atoms with van der Waals surface area (Å²) >= 11 is 7.91. The molecule has 2 aromatic rings. The summed E-state index contributed by atoms with van der Waals surface area (Å²) in [5, 5.41) is 2.03. The van der Waals surface area contributed by atoms with E-state index in [9.17, 15) is 0 Å². The standard InChI is InChI=1S/C12H14ClNS/c1-2-15-8-7-14-6-5-10-9-11(13)3-4-12(10)14/h3-6,9H,2,7-8H2,1H3. The molecule has 1 aromatic carbocycles. The molecule has 2 rings (SSSR count). The fourth-order valence-electron chi connectivity index (χ4n) is 1.67. The summed E-state index contributed by atoms with van der Waals surface area (Å²) in [5.74, 6) is 2.36. The molecule has 0 aliphatic heterocycles. The molecule has 0 saturated heterocycles. The molecule has 0 amide bonds. The van der Waals surface area contributed by atoms with Crippen molar-refractivity contribution in [2.24, 2.45) is 0 Å². The fraction of sp³-hybridized carbons (Fsp3) is 0.333. The molecule has 0 atom stereocenters. The zero-order valence-corrected chi connectivity index (χ0v) is 10.3. The first-order valence-corrected chi connectivity index (χ1v) is 6.66. The molecule has 0 aliphatic carbocycles. The van der Waals surface area contributed by atoms with E-state index in [0.29, 0.717) is 0 Å². The lowest BCUT2D eigenvalue weighted by Gasteiger charge is -2.04. The van der Waals surface area contributed by atoms with Crippen LogP contribution in [-0.4, -0.2) is 16.1 Å². The largest absolute Gasteiger partial charge is 0.347 e. The van der Waals surface area contributed by atoms with Crippen molar-refractivity contribution in [3.05, 3.63) is 35.5 Å². The zero-order chi connectivity index (χ0) is 10.7. The second kappa shape index (κ2) is 4.95. The molecule has 3 heteroatoms. The summed E-state index contributed by atoms with van der Waals surface area (Å²) in [5.41, 5.74) is 1.27. The summed E-state index contributed by atoms with van der Waals surface area (Å²) in [6, 6.07) is 8.18. The molecule has 1 aromatic heterocycles. The minimum absolute atomic E-state index is 0.809. The van der Waals surface area contributed by atoms with Gasteiger partial charge in [-0.15, -0.1) is 0 Å². The SMILES string of the molecule is CCSCCn1ccc2cc(Cl)ccc21. The first-order valence-electron chi connectivity index (χ1n) is 5.13. The highest BCUT2D eigenvalue weighted by atomic mass is 35.5. The van der Waals surface area contributed by atoms with Crippen LogP contribution in [0.25, 0.3) is 10.9 Å². The van der Waals surface area contributed by atoms with E-state index in [1.807, 2.05) is 23.9 Å². The van der Waals surface area contributed by atoms with Crippen molar-refractivity contribution >= 4 is 34.3 Å². The molecule has 80 valence electrons. The quantitative estimate of drug-likeness (QED) is 0.729. The third-order valence-corrected chi connectivity index (χ3v) is 3.53. The molecule has 0 fully saturated rings. The summed E-state index contributed by atoms with van der Waals surface area (Å²) in [4.78, 5) is 0. The maximum Gasteiger partial charge on any atom is 0.0481 e. The van der Waals surface area contributed by atoms with Crippen LogP contribution in [0.5, 0.6) is 0 Å². The van der Waals surface area contributed by atoms with E-state index >= 15 is 0 Å². The van der Waals surface area contributed by atoms with Crippen LogP contribution in [0.4, 0.5) is 0 Å². The van der Waals surface area contributed by atoms with E-state index in [2.05, 4.69) is 29.8 Å². The number of halogens is 1. The number of aryl methyl sites for hydroxylation is 1. The lowest BCUT2D eigenvalue weighted by molar-refractivity contribution is 0.807. The molecule has 0 radical (unpaired) electrons. The van der Waals surface area contributed by atoms with Gasteiger partial charge >= 0.3 is 0 Å². The highest BCUT2D eigenvalue weighted by molar-refractivity contribution is 7.99. The average molecular weight is 240 g/mol. The molecular formula is C12H14ClNS. The summed E-state index contributed by atoms with van der Waals surface area (Å²) in [6.45, 7) is 3.27. The van der Waals surface area contributed by atoms with Crippen molar-refractivity contribution in [3.8, 4) is 0 Å². The molecule has 1 nitrogen and oxygen atoms in total. The van der Waals surface area contributed by atoms with Crippen LogP contribution in [0.1, 0.15) is 6.92 Å².